The molecule has 2 aromatic rings. The first-order valence-electron chi connectivity index (χ1n) is 6.37. The molecule has 6 heteroatoms. The van der Waals surface area contributed by atoms with Crippen LogP contribution in [0, 0.1) is 22.9 Å². The van der Waals surface area contributed by atoms with E-state index >= 15 is 0 Å². The van der Waals surface area contributed by atoms with Gasteiger partial charge in [0.25, 0.3) is 0 Å². The summed E-state index contributed by atoms with van der Waals surface area (Å²) in [6.45, 7) is 3.31. The van der Waals surface area contributed by atoms with Crippen molar-refractivity contribution in [2.75, 3.05) is 0 Å². The van der Waals surface area contributed by atoms with Gasteiger partial charge >= 0.3 is 5.69 Å². The van der Waals surface area contributed by atoms with Gasteiger partial charge in [0.2, 0.25) is 5.75 Å². The normalized spacial score (nSPS) is 12.0. The molecule has 0 aromatic heterocycles. The minimum Gasteiger partial charge on any atom is -0.450 e. The minimum atomic E-state index is -0.500. The van der Waals surface area contributed by atoms with Crippen LogP contribution in [0.3, 0.4) is 0 Å². The van der Waals surface area contributed by atoms with Gasteiger partial charge in [-0.25, -0.2) is 4.39 Å². The second-order valence-corrected chi connectivity index (χ2v) is 4.75. The molecule has 0 aliphatic rings. The summed E-state index contributed by atoms with van der Waals surface area (Å²) < 4.78 is 18.9. The highest BCUT2D eigenvalue weighted by molar-refractivity contribution is 5.54. The Morgan fingerprint density at radius 1 is 1.29 bits per heavy atom. The van der Waals surface area contributed by atoms with Crippen molar-refractivity contribution in [3.8, 4) is 11.5 Å². The highest BCUT2D eigenvalue weighted by Gasteiger charge is 2.20. The van der Waals surface area contributed by atoms with Crippen molar-refractivity contribution in [3.05, 3.63) is 63.5 Å². The molecule has 1 atom stereocenters. The highest BCUT2D eigenvalue weighted by atomic mass is 19.1. The predicted octanol–water partition coefficient (Wildman–Crippen LogP) is 3.85. The van der Waals surface area contributed by atoms with Crippen molar-refractivity contribution < 1.29 is 14.1 Å². The molecule has 0 spiro atoms. The maximum atomic E-state index is 13.3. The molecule has 0 aliphatic heterocycles. The smallest absolute Gasteiger partial charge is 0.314 e. The third kappa shape index (κ3) is 3.17. The monoisotopic (exact) mass is 290 g/mol. The third-order valence-corrected chi connectivity index (χ3v) is 3.07. The zero-order valence-corrected chi connectivity index (χ0v) is 11.7. The predicted molar refractivity (Wildman–Crippen MR) is 76.9 cm³/mol. The lowest BCUT2D eigenvalue weighted by Crippen LogP contribution is -2.07. The van der Waals surface area contributed by atoms with Gasteiger partial charge in [0, 0.05) is 17.2 Å². The van der Waals surface area contributed by atoms with Gasteiger partial charge in [-0.05, 0) is 38.1 Å². The van der Waals surface area contributed by atoms with Crippen LogP contribution in [-0.4, -0.2) is 4.92 Å². The topological polar surface area (TPSA) is 78.4 Å². The van der Waals surface area contributed by atoms with Gasteiger partial charge in [-0.3, -0.25) is 10.1 Å². The molecule has 0 saturated carbocycles. The van der Waals surface area contributed by atoms with Crippen LogP contribution in [-0.2, 0) is 0 Å². The molecule has 110 valence electrons. The first-order chi connectivity index (χ1) is 9.90. The van der Waals surface area contributed by atoms with E-state index in [0.717, 1.165) is 0 Å². The Bertz CT molecular complexity index is 687. The molecule has 0 heterocycles. The van der Waals surface area contributed by atoms with Crippen molar-refractivity contribution in [1.82, 2.24) is 0 Å². The Hall–Kier alpha value is -2.47. The van der Waals surface area contributed by atoms with Crippen molar-refractivity contribution >= 4 is 5.69 Å². The lowest BCUT2D eigenvalue weighted by Gasteiger charge is -2.14. The fourth-order valence-electron chi connectivity index (χ4n) is 2.03. The van der Waals surface area contributed by atoms with Crippen LogP contribution in [0.1, 0.15) is 24.1 Å². The van der Waals surface area contributed by atoms with Crippen LogP contribution in [0.25, 0.3) is 0 Å². The molecule has 0 aliphatic carbocycles. The molecule has 0 radical (unpaired) electrons. The van der Waals surface area contributed by atoms with Crippen LogP contribution in [0.2, 0.25) is 0 Å². The summed E-state index contributed by atoms with van der Waals surface area (Å²) in [7, 11) is 0. The van der Waals surface area contributed by atoms with Crippen LogP contribution in [0.15, 0.2) is 36.4 Å². The lowest BCUT2D eigenvalue weighted by molar-refractivity contribution is -0.386. The van der Waals surface area contributed by atoms with E-state index in [-0.39, 0.29) is 11.4 Å². The minimum absolute atomic E-state index is 0.105. The molecule has 0 bridgehead atoms. The molecule has 0 fully saturated rings. The third-order valence-electron chi connectivity index (χ3n) is 3.07. The van der Waals surface area contributed by atoms with E-state index in [9.17, 15) is 14.5 Å². The van der Waals surface area contributed by atoms with Crippen LogP contribution in [0.5, 0.6) is 11.5 Å². The molecule has 1 unspecified atom stereocenters. The number of rotatable bonds is 4. The van der Waals surface area contributed by atoms with Gasteiger partial charge in [0.1, 0.15) is 11.6 Å². The first kappa shape index (κ1) is 14.9. The number of benzene rings is 2. The van der Waals surface area contributed by atoms with E-state index in [0.29, 0.717) is 16.9 Å². The molecule has 0 amide bonds. The van der Waals surface area contributed by atoms with Crippen molar-refractivity contribution in [2.45, 2.75) is 19.9 Å². The largest absolute Gasteiger partial charge is 0.450 e. The summed E-state index contributed by atoms with van der Waals surface area (Å²) in [6, 6.07) is 8.23. The molecule has 0 saturated heterocycles. The number of nitrogens with two attached hydrogens (primary N) is 1. The lowest BCUT2D eigenvalue weighted by atomic mass is 10.1. The Balaban J connectivity index is 2.49. The quantitative estimate of drug-likeness (QED) is 0.685. The highest BCUT2D eigenvalue weighted by Crippen LogP contribution is 2.36. The fourth-order valence-corrected chi connectivity index (χ4v) is 2.03. The van der Waals surface area contributed by atoms with Gasteiger partial charge in [-0.1, -0.05) is 12.1 Å². The Labute approximate surface area is 121 Å². The number of ether oxygens (including phenoxy) is 1. The standard InChI is InChI=1S/C15H15FN2O3/c1-9-4-3-5-14(15(9)18(19)20)21-13-7-6-11(16)8-12(13)10(2)17/h3-8,10H,17H2,1-2H3. The average molecular weight is 290 g/mol. The number of aryl methyl sites for hydroxylation is 1. The number of halogens is 1. The van der Waals surface area contributed by atoms with E-state index in [1.165, 1.54) is 24.3 Å². The van der Waals surface area contributed by atoms with E-state index < -0.39 is 16.8 Å². The molecule has 21 heavy (non-hydrogen) atoms. The Morgan fingerprint density at radius 2 is 2.00 bits per heavy atom. The van der Waals surface area contributed by atoms with Gasteiger partial charge in [-0.2, -0.15) is 0 Å². The molecule has 5 nitrogen and oxygen atoms in total. The summed E-state index contributed by atoms with van der Waals surface area (Å²) in [5.41, 5.74) is 6.61. The van der Waals surface area contributed by atoms with Gasteiger partial charge in [0.15, 0.2) is 0 Å². The number of nitrogens with zero attached hydrogens (tertiary/aromatic N) is 1. The molecule has 2 rings (SSSR count). The molecule has 2 aromatic carbocycles. The summed E-state index contributed by atoms with van der Waals surface area (Å²) in [4.78, 5) is 10.6. The maximum absolute atomic E-state index is 13.3. The molecular formula is C15H15FN2O3. The molecular weight excluding hydrogens is 275 g/mol. The number of nitro groups is 1. The Morgan fingerprint density at radius 3 is 2.62 bits per heavy atom. The number of nitro benzene ring substituents is 1. The Kier molecular flexibility index (Phi) is 4.18. The van der Waals surface area contributed by atoms with Crippen LogP contribution in [0.4, 0.5) is 10.1 Å². The second kappa shape index (κ2) is 5.88. The number of hydrogen-bond donors (Lipinski definition) is 1. The summed E-state index contributed by atoms with van der Waals surface area (Å²) in [5.74, 6) is -0.0259. The second-order valence-electron chi connectivity index (χ2n) is 4.75. The van der Waals surface area contributed by atoms with Crippen molar-refractivity contribution in [1.29, 1.82) is 0 Å². The zero-order valence-electron chi connectivity index (χ0n) is 11.7. The van der Waals surface area contributed by atoms with Crippen molar-refractivity contribution in [3.63, 3.8) is 0 Å². The summed E-state index contributed by atoms with van der Waals surface area (Å²) in [5, 5.41) is 11.1. The van der Waals surface area contributed by atoms with E-state index in [4.69, 9.17) is 10.5 Å². The fraction of sp³-hybridized carbons (Fsp3) is 0.200. The van der Waals surface area contributed by atoms with Crippen LogP contribution < -0.4 is 10.5 Å². The average Bonchev–Trinajstić information content (AvgIpc) is 2.40. The SMILES string of the molecule is Cc1cccc(Oc2ccc(F)cc2C(C)N)c1[N+](=O)[O-]. The summed E-state index contributed by atoms with van der Waals surface area (Å²) >= 11 is 0. The van der Waals surface area contributed by atoms with E-state index in [2.05, 4.69) is 0 Å². The molecule has 2 N–H and O–H groups in total. The van der Waals surface area contributed by atoms with Crippen molar-refractivity contribution in [2.24, 2.45) is 5.73 Å². The van der Waals surface area contributed by atoms with E-state index in [1.54, 1.807) is 26.0 Å². The summed E-state index contributed by atoms with van der Waals surface area (Å²) in [6.07, 6.45) is 0. The number of para-hydroxylation sites is 1. The van der Waals surface area contributed by atoms with E-state index in [1.807, 2.05) is 0 Å². The maximum Gasteiger partial charge on any atom is 0.314 e. The van der Waals surface area contributed by atoms with Crippen LogP contribution >= 0.6 is 0 Å². The van der Waals surface area contributed by atoms with Gasteiger partial charge in [-0.15, -0.1) is 0 Å². The zero-order chi connectivity index (χ0) is 15.6. The number of hydrogen-bond acceptors (Lipinski definition) is 4. The first-order valence-corrected chi connectivity index (χ1v) is 6.37. The van der Waals surface area contributed by atoms with Gasteiger partial charge in [0.05, 0.1) is 4.92 Å². The van der Waals surface area contributed by atoms with Gasteiger partial charge < -0.3 is 10.5 Å².